The van der Waals surface area contributed by atoms with E-state index in [0.717, 1.165) is 12.0 Å². The van der Waals surface area contributed by atoms with E-state index in [4.69, 9.17) is 9.47 Å². The first-order valence-corrected chi connectivity index (χ1v) is 6.79. The summed E-state index contributed by atoms with van der Waals surface area (Å²) in [7, 11) is 1.59. The quantitative estimate of drug-likeness (QED) is 0.560. The molecule has 1 atom stereocenters. The van der Waals surface area contributed by atoms with E-state index in [0.29, 0.717) is 19.1 Å². The number of hydrogen-bond acceptors (Lipinski definition) is 3. The summed E-state index contributed by atoms with van der Waals surface area (Å²) in [6.45, 7) is 7.01. The van der Waals surface area contributed by atoms with Gasteiger partial charge in [0.25, 0.3) is 0 Å². The van der Waals surface area contributed by atoms with Crippen LogP contribution in [0.1, 0.15) is 37.8 Å². The maximum atomic E-state index is 11.8. The second kappa shape index (κ2) is 7.95. The fraction of sp³-hybridized carbons (Fsp3) is 0.562. The van der Waals surface area contributed by atoms with Crippen molar-refractivity contribution in [1.29, 1.82) is 0 Å². The van der Waals surface area contributed by atoms with Gasteiger partial charge in [-0.05, 0) is 30.4 Å². The number of hydrogen-bond donors (Lipinski definition) is 0. The van der Waals surface area contributed by atoms with Crippen LogP contribution >= 0.6 is 0 Å². The Labute approximate surface area is 115 Å². The second-order valence-electron chi connectivity index (χ2n) is 5.22. The van der Waals surface area contributed by atoms with Crippen LogP contribution in [-0.4, -0.2) is 26.3 Å². The number of carbonyl (C=O) groups excluding carboxylic acids is 1. The minimum Gasteiger partial charge on any atom is -0.463 e. The zero-order valence-electron chi connectivity index (χ0n) is 12.3. The zero-order chi connectivity index (χ0) is 14.3. The fourth-order valence-corrected chi connectivity index (χ4v) is 1.90. The van der Waals surface area contributed by atoms with E-state index >= 15 is 0 Å². The highest BCUT2D eigenvalue weighted by atomic mass is 16.6. The molecular formula is C16H24O3. The predicted octanol–water partition coefficient (Wildman–Crippen LogP) is 3.18. The summed E-state index contributed by atoms with van der Waals surface area (Å²) >= 11 is 0. The molecule has 0 aliphatic rings. The van der Waals surface area contributed by atoms with Crippen LogP contribution in [0.4, 0.5) is 0 Å². The summed E-state index contributed by atoms with van der Waals surface area (Å²) in [5, 5.41) is 0. The molecule has 1 aromatic rings. The molecule has 0 fully saturated rings. The van der Waals surface area contributed by atoms with Crippen molar-refractivity contribution in [1.82, 2.24) is 0 Å². The Morgan fingerprint density at radius 2 is 1.74 bits per heavy atom. The fourth-order valence-electron chi connectivity index (χ4n) is 1.90. The number of methoxy groups -OCH3 is 1. The summed E-state index contributed by atoms with van der Waals surface area (Å²) in [5.41, 5.74) is 2.30. The highest BCUT2D eigenvalue weighted by Crippen LogP contribution is 2.18. The first-order valence-electron chi connectivity index (χ1n) is 6.79. The van der Waals surface area contributed by atoms with Gasteiger partial charge in [-0.1, -0.05) is 38.1 Å². The molecule has 0 spiro atoms. The maximum absolute atomic E-state index is 11.8. The maximum Gasteiger partial charge on any atom is 0.313 e. The van der Waals surface area contributed by atoms with Gasteiger partial charge in [-0.2, -0.15) is 0 Å². The van der Waals surface area contributed by atoms with Crippen LogP contribution in [-0.2, 0) is 20.7 Å². The Balaban J connectivity index is 2.56. The standard InChI is InChI=1S/C16H24O3/c1-12(2)11-14-5-7-15(8-6-14)13(3)16(17)19-10-9-18-4/h5-8,12-13H,9-11H2,1-4H3. The SMILES string of the molecule is COCCOC(=O)C(C)c1ccc(CC(C)C)cc1. The van der Waals surface area contributed by atoms with Gasteiger partial charge in [0.1, 0.15) is 6.61 Å². The normalized spacial score (nSPS) is 12.5. The third-order valence-corrected chi connectivity index (χ3v) is 3.01. The Hall–Kier alpha value is -1.35. The summed E-state index contributed by atoms with van der Waals surface area (Å²) in [6.07, 6.45) is 1.06. The minimum atomic E-state index is -0.232. The lowest BCUT2D eigenvalue weighted by Gasteiger charge is -2.12. The van der Waals surface area contributed by atoms with E-state index in [-0.39, 0.29) is 11.9 Å². The zero-order valence-corrected chi connectivity index (χ0v) is 12.3. The first kappa shape index (κ1) is 15.7. The van der Waals surface area contributed by atoms with Crippen molar-refractivity contribution in [3.8, 4) is 0 Å². The van der Waals surface area contributed by atoms with Gasteiger partial charge in [0.2, 0.25) is 0 Å². The van der Waals surface area contributed by atoms with Crippen LogP contribution in [0, 0.1) is 5.92 Å². The third-order valence-electron chi connectivity index (χ3n) is 3.01. The van der Waals surface area contributed by atoms with E-state index in [9.17, 15) is 4.79 Å². The summed E-state index contributed by atoms with van der Waals surface area (Å²) < 4.78 is 9.98. The molecular weight excluding hydrogens is 240 g/mol. The largest absolute Gasteiger partial charge is 0.463 e. The average Bonchev–Trinajstić information content (AvgIpc) is 2.38. The van der Waals surface area contributed by atoms with Crippen LogP contribution in [0.2, 0.25) is 0 Å². The van der Waals surface area contributed by atoms with Gasteiger partial charge in [-0.3, -0.25) is 4.79 Å². The molecule has 106 valence electrons. The summed E-state index contributed by atoms with van der Waals surface area (Å²) in [4.78, 5) is 11.8. The van der Waals surface area contributed by atoms with Crippen LogP contribution in [0.5, 0.6) is 0 Å². The Morgan fingerprint density at radius 1 is 1.11 bits per heavy atom. The van der Waals surface area contributed by atoms with Gasteiger partial charge < -0.3 is 9.47 Å². The van der Waals surface area contributed by atoms with Gasteiger partial charge in [0.15, 0.2) is 0 Å². The monoisotopic (exact) mass is 264 g/mol. The number of benzene rings is 1. The molecule has 0 aromatic heterocycles. The first-order chi connectivity index (χ1) is 9.04. The lowest BCUT2D eigenvalue weighted by Crippen LogP contribution is -2.16. The minimum absolute atomic E-state index is 0.200. The van der Waals surface area contributed by atoms with Crippen LogP contribution in [0.25, 0.3) is 0 Å². The molecule has 0 heterocycles. The van der Waals surface area contributed by atoms with Crippen LogP contribution in [0.3, 0.4) is 0 Å². The van der Waals surface area contributed by atoms with Gasteiger partial charge in [0.05, 0.1) is 12.5 Å². The lowest BCUT2D eigenvalue weighted by atomic mass is 9.97. The van der Waals surface area contributed by atoms with Crippen molar-refractivity contribution in [3.63, 3.8) is 0 Å². The van der Waals surface area contributed by atoms with Crippen molar-refractivity contribution in [2.24, 2.45) is 5.92 Å². The predicted molar refractivity (Wildman–Crippen MR) is 76.2 cm³/mol. The highest BCUT2D eigenvalue weighted by Gasteiger charge is 2.16. The molecule has 0 N–H and O–H groups in total. The van der Waals surface area contributed by atoms with E-state index in [1.54, 1.807) is 7.11 Å². The van der Waals surface area contributed by atoms with E-state index in [2.05, 4.69) is 26.0 Å². The van der Waals surface area contributed by atoms with Crippen LogP contribution in [0.15, 0.2) is 24.3 Å². The van der Waals surface area contributed by atoms with Gasteiger partial charge in [0, 0.05) is 7.11 Å². The van der Waals surface area contributed by atoms with Crippen molar-refractivity contribution in [2.45, 2.75) is 33.1 Å². The molecule has 0 radical (unpaired) electrons. The molecule has 3 heteroatoms. The summed E-state index contributed by atoms with van der Waals surface area (Å²) in [6, 6.07) is 8.21. The van der Waals surface area contributed by atoms with Crippen molar-refractivity contribution in [2.75, 3.05) is 20.3 Å². The highest BCUT2D eigenvalue weighted by molar-refractivity contribution is 5.77. The molecule has 1 rings (SSSR count). The number of rotatable bonds is 7. The van der Waals surface area contributed by atoms with Gasteiger partial charge >= 0.3 is 5.97 Å². The smallest absolute Gasteiger partial charge is 0.313 e. The molecule has 3 nitrogen and oxygen atoms in total. The van der Waals surface area contributed by atoms with Crippen molar-refractivity contribution < 1.29 is 14.3 Å². The molecule has 1 aromatic carbocycles. The molecule has 0 saturated heterocycles. The Kier molecular flexibility index (Phi) is 6.57. The van der Waals surface area contributed by atoms with E-state index < -0.39 is 0 Å². The molecule has 0 aliphatic heterocycles. The molecule has 0 saturated carbocycles. The second-order valence-corrected chi connectivity index (χ2v) is 5.22. The van der Waals surface area contributed by atoms with Crippen LogP contribution < -0.4 is 0 Å². The average molecular weight is 264 g/mol. The van der Waals surface area contributed by atoms with E-state index in [1.165, 1.54) is 5.56 Å². The lowest BCUT2D eigenvalue weighted by molar-refractivity contribution is -0.146. The molecule has 0 amide bonds. The topological polar surface area (TPSA) is 35.5 Å². The molecule has 0 aliphatic carbocycles. The number of ether oxygens (including phenoxy) is 2. The Bertz CT molecular complexity index is 381. The van der Waals surface area contributed by atoms with Crippen molar-refractivity contribution in [3.05, 3.63) is 35.4 Å². The van der Waals surface area contributed by atoms with Gasteiger partial charge in [-0.15, -0.1) is 0 Å². The number of esters is 1. The molecule has 1 unspecified atom stereocenters. The summed E-state index contributed by atoms with van der Waals surface area (Å²) in [5.74, 6) is 0.209. The van der Waals surface area contributed by atoms with Crippen molar-refractivity contribution >= 4 is 5.97 Å². The molecule has 19 heavy (non-hydrogen) atoms. The third kappa shape index (κ3) is 5.43. The molecule has 0 bridgehead atoms. The van der Waals surface area contributed by atoms with E-state index in [1.807, 2.05) is 19.1 Å². The number of carbonyl (C=O) groups is 1. The Morgan fingerprint density at radius 3 is 2.26 bits per heavy atom. The van der Waals surface area contributed by atoms with Gasteiger partial charge in [-0.25, -0.2) is 0 Å².